The summed E-state index contributed by atoms with van der Waals surface area (Å²) in [5, 5.41) is -0.348. The molecule has 41 heavy (non-hydrogen) atoms. The van der Waals surface area contributed by atoms with Crippen molar-refractivity contribution in [2.24, 2.45) is 0 Å². The summed E-state index contributed by atoms with van der Waals surface area (Å²) in [6, 6.07) is 8.80. The van der Waals surface area contributed by atoms with E-state index in [0.29, 0.717) is 30.2 Å². The second-order valence-corrected chi connectivity index (χ2v) is 16.3. The number of hydrogen-bond donors (Lipinski definition) is 0. The zero-order chi connectivity index (χ0) is 29.7. The predicted octanol–water partition coefficient (Wildman–Crippen LogP) is 5.81. The van der Waals surface area contributed by atoms with Crippen molar-refractivity contribution in [2.45, 2.75) is 76.0 Å². The van der Waals surface area contributed by atoms with Gasteiger partial charge in [0.1, 0.15) is 11.9 Å². The van der Waals surface area contributed by atoms with Gasteiger partial charge in [-0.3, -0.25) is 0 Å². The van der Waals surface area contributed by atoms with E-state index in [9.17, 15) is 16.8 Å². The Kier molecular flexibility index (Phi) is 8.24. The Balaban J connectivity index is 1.58. The van der Waals surface area contributed by atoms with Crippen LogP contribution in [0.15, 0.2) is 41.4 Å². The number of sulfone groups is 1. The van der Waals surface area contributed by atoms with Gasteiger partial charge in [0.15, 0.2) is 15.7 Å². The maximum Gasteiger partial charge on any atom is 0.213 e. The molecular weight excluding hydrogens is 582 g/mol. The average molecular weight is 618 g/mol. The first-order chi connectivity index (χ1) is 19.3. The number of ether oxygens (including phenoxy) is 1. The van der Waals surface area contributed by atoms with Gasteiger partial charge in [-0.1, -0.05) is 29.8 Å². The van der Waals surface area contributed by atoms with Crippen LogP contribution in [-0.4, -0.2) is 61.3 Å². The third-order valence-corrected chi connectivity index (χ3v) is 12.5. The van der Waals surface area contributed by atoms with Gasteiger partial charge in [-0.05, 0) is 76.6 Å². The van der Waals surface area contributed by atoms with E-state index in [-0.39, 0.29) is 27.7 Å². The van der Waals surface area contributed by atoms with Crippen molar-refractivity contribution in [2.75, 3.05) is 18.8 Å². The molecule has 5 rings (SSSR count). The highest BCUT2D eigenvalue weighted by molar-refractivity contribution is 7.92. The number of benzene rings is 2. The monoisotopic (exact) mass is 617 g/mol. The summed E-state index contributed by atoms with van der Waals surface area (Å²) in [5.74, 6) is 1.48. The number of hydrogen-bond acceptors (Lipinski definition) is 7. The summed E-state index contributed by atoms with van der Waals surface area (Å²) < 4.78 is 59.1. The van der Waals surface area contributed by atoms with Gasteiger partial charge < -0.3 is 4.74 Å². The zero-order valence-corrected chi connectivity index (χ0v) is 26.4. The van der Waals surface area contributed by atoms with Gasteiger partial charge in [-0.2, -0.15) is 0 Å². The van der Waals surface area contributed by atoms with Crippen molar-refractivity contribution in [1.29, 1.82) is 0 Å². The molecule has 0 spiro atoms. The van der Waals surface area contributed by atoms with Crippen molar-refractivity contribution >= 4 is 31.5 Å². The molecule has 0 aliphatic carbocycles. The van der Waals surface area contributed by atoms with E-state index < -0.39 is 25.1 Å². The highest BCUT2D eigenvalue weighted by Crippen LogP contribution is 2.46. The first-order valence-electron chi connectivity index (χ1n) is 14.0. The van der Waals surface area contributed by atoms with Gasteiger partial charge in [0.2, 0.25) is 10.0 Å². The second-order valence-electron chi connectivity index (χ2n) is 11.1. The van der Waals surface area contributed by atoms with Crippen LogP contribution in [0.4, 0.5) is 0 Å². The molecule has 8 nitrogen and oxygen atoms in total. The van der Waals surface area contributed by atoms with E-state index in [1.807, 2.05) is 13.0 Å². The number of nitrogens with zero attached hydrogens (tertiary/aromatic N) is 3. The molecule has 220 valence electrons. The maximum absolute atomic E-state index is 13.2. The fourth-order valence-corrected chi connectivity index (χ4v) is 8.51. The Labute approximate surface area is 248 Å². The van der Waals surface area contributed by atoms with Crippen LogP contribution < -0.4 is 4.74 Å². The Morgan fingerprint density at radius 1 is 1.10 bits per heavy atom. The molecule has 11 heteroatoms. The van der Waals surface area contributed by atoms with Crippen LogP contribution in [0.5, 0.6) is 5.75 Å². The molecule has 1 unspecified atom stereocenters. The molecule has 0 radical (unpaired) electrons. The SMILES string of the molecule is CCS(=O)(=O)N1CCC(c2c(C)cc(-c3ncc(Cl)c(-c4ccccc4S(=O)(=O)C(C)C)n3)c3c2CC(C)O3)CC1. The summed E-state index contributed by atoms with van der Waals surface area (Å²) >= 11 is 6.57. The molecule has 1 fully saturated rings. The third-order valence-electron chi connectivity index (χ3n) is 8.11. The largest absolute Gasteiger partial charge is 0.489 e. The lowest BCUT2D eigenvalue weighted by Gasteiger charge is -2.33. The Bertz CT molecular complexity index is 1700. The van der Waals surface area contributed by atoms with Crippen LogP contribution in [0, 0.1) is 6.92 Å². The van der Waals surface area contributed by atoms with Gasteiger partial charge >= 0.3 is 0 Å². The number of piperidine rings is 1. The van der Waals surface area contributed by atoms with Gasteiger partial charge in [-0.25, -0.2) is 31.1 Å². The van der Waals surface area contributed by atoms with Crippen molar-refractivity contribution in [3.63, 3.8) is 0 Å². The molecule has 0 bridgehead atoms. The van der Waals surface area contributed by atoms with Crippen LogP contribution in [0.3, 0.4) is 0 Å². The van der Waals surface area contributed by atoms with E-state index in [1.165, 1.54) is 11.8 Å². The molecule has 2 aliphatic rings. The molecule has 3 heterocycles. The number of rotatable bonds is 7. The van der Waals surface area contributed by atoms with E-state index in [4.69, 9.17) is 21.3 Å². The molecule has 3 aromatic rings. The summed E-state index contributed by atoms with van der Waals surface area (Å²) in [6.07, 6.45) is 3.72. The molecule has 2 aliphatic heterocycles. The summed E-state index contributed by atoms with van der Waals surface area (Å²) in [7, 11) is -6.80. The van der Waals surface area contributed by atoms with Crippen LogP contribution in [-0.2, 0) is 26.3 Å². The number of aryl methyl sites for hydroxylation is 1. The van der Waals surface area contributed by atoms with Gasteiger partial charge in [-0.15, -0.1) is 0 Å². The standard InChI is InChI=1S/C30H36ClN3O5S2/c1-6-40(35,36)34-13-11-21(12-14-34)27-19(4)15-24(29-23(27)16-20(5)39-29)30-32-17-25(31)28(33-30)22-9-7-8-10-26(22)41(37,38)18(2)3/h7-10,15,17-18,20-21H,6,11-14,16H2,1-5H3. The lowest BCUT2D eigenvalue weighted by atomic mass is 9.82. The maximum atomic E-state index is 13.2. The Morgan fingerprint density at radius 2 is 1.78 bits per heavy atom. The smallest absolute Gasteiger partial charge is 0.213 e. The third kappa shape index (κ3) is 5.51. The summed E-state index contributed by atoms with van der Waals surface area (Å²) in [5.41, 5.74) is 4.94. The molecule has 1 saturated heterocycles. The van der Waals surface area contributed by atoms with E-state index >= 15 is 0 Å². The van der Waals surface area contributed by atoms with Crippen LogP contribution in [0.25, 0.3) is 22.6 Å². The fourth-order valence-electron chi connectivity index (χ4n) is 5.94. The summed E-state index contributed by atoms with van der Waals surface area (Å²) in [6.45, 7) is 10.1. The average Bonchev–Trinajstić information content (AvgIpc) is 3.33. The lowest BCUT2D eigenvalue weighted by molar-refractivity contribution is 0.255. The van der Waals surface area contributed by atoms with E-state index in [1.54, 1.807) is 49.3 Å². The van der Waals surface area contributed by atoms with Crippen molar-refractivity contribution in [3.8, 4) is 28.4 Å². The topological polar surface area (TPSA) is 107 Å². The number of halogens is 1. The first-order valence-corrected chi connectivity index (χ1v) is 17.6. The van der Waals surface area contributed by atoms with Crippen molar-refractivity contribution in [1.82, 2.24) is 14.3 Å². The zero-order valence-electron chi connectivity index (χ0n) is 24.0. The van der Waals surface area contributed by atoms with Crippen LogP contribution in [0.1, 0.15) is 63.1 Å². The molecule has 1 atom stereocenters. The van der Waals surface area contributed by atoms with E-state index in [0.717, 1.165) is 41.7 Å². The Morgan fingerprint density at radius 3 is 2.44 bits per heavy atom. The quantitative estimate of drug-likeness (QED) is 0.329. The van der Waals surface area contributed by atoms with Gasteiger partial charge in [0, 0.05) is 30.6 Å². The van der Waals surface area contributed by atoms with Crippen LogP contribution >= 0.6 is 11.6 Å². The van der Waals surface area contributed by atoms with Crippen LogP contribution in [0.2, 0.25) is 5.02 Å². The number of aromatic nitrogens is 2. The van der Waals surface area contributed by atoms with Crippen molar-refractivity contribution < 1.29 is 21.6 Å². The lowest BCUT2D eigenvalue weighted by Crippen LogP contribution is -2.39. The van der Waals surface area contributed by atoms with E-state index in [2.05, 4.69) is 11.9 Å². The normalized spacial score (nSPS) is 18.5. The number of sulfonamides is 1. The molecule has 0 N–H and O–H groups in total. The fraction of sp³-hybridized carbons (Fsp3) is 0.467. The molecule has 0 saturated carbocycles. The molecule has 1 aromatic heterocycles. The van der Waals surface area contributed by atoms with Gasteiger partial charge in [0.25, 0.3) is 0 Å². The minimum atomic E-state index is -3.59. The minimum absolute atomic E-state index is 0.0338. The summed E-state index contributed by atoms with van der Waals surface area (Å²) in [4.78, 5) is 9.55. The highest BCUT2D eigenvalue weighted by atomic mass is 35.5. The molecule has 2 aromatic carbocycles. The molecule has 0 amide bonds. The highest BCUT2D eigenvalue weighted by Gasteiger charge is 2.34. The minimum Gasteiger partial charge on any atom is -0.489 e. The first kappa shape index (κ1) is 29.9. The Hall–Kier alpha value is -2.53. The second kappa shape index (κ2) is 11.3. The molecular formula is C30H36ClN3O5S2. The van der Waals surface area contributed by atoms with Gasteiger partial charge in [0.05, 0.1) is 38.4 Å². The van der Waals surface area contributed by atoms with Crippen molar-refractivity contribution in [3.05, 3.63) is 58.2 Å². The number of fused-ring (bicyclic) bond motifs is 1. The predicted molar refractivity (Wildman–Crippen MR) is 162 cm³/mol.